The van der Waals surface area contributed by atoms with Crippen LogP contribution in [0.3, 0.4) is 0 Å². The summed E-state index contributed by atoms with van der Waals surface area (Å²) >= 11 is 6.04. The lowest BCUT2D eigenvalue weighted by Gasteiger charge is -2.29. The third kappa shape index (κ3) is 3.89. The van der Waals surface area contributed by atoms with Crippen LogP contribution in [0, 0.1) is 12.8 Å². The van der Waals surface area contributed by atoms with Gasteiger partial charge >= 0.3 is 5.97 Å². The largest absolute Gasteiger partial charge is 0.466 e. The van der Waals surface area contributed by atoms with E-state index in [2.05, 4.69) is 12.2 Å². The lowest BCUT2D eigenvalue weighted by molar-refractivity contribution is -0.149. The van der Waals surface area contributed by atoms with E-state index in [0.29, 0.717) is 12.6 Å². The standard InChI is InChI=1S/C16H22ClNO2/c1-3-20-16(19)12-5-4-6-14(9-12)18-15-10-13(17)8-7-11(15)2/h7-8,10,12,14,18H,3-6,9H2,1-2H3. The molecule has 0 aliphatic heterocycles. The molecule has 3 nitrogen and oxygen atoms in total. The van der Waals surface area contributed by atoms with Crippen molar-refractivity contribution >= 4 is 23.3 Å². The van der Waals surface area contributed by atoms with E-state index in [-0.39, 0.29) is 11.9 Å². The van der Waals surface area contributed by atoms with Gasteiger partial charge in [0.15, 0.2) is 0 Å². The van der Waals surface area contributed by atoms with Crippen molar-refractivity contribution in [3.8, 4) is 0 Å². The maximum Gasteiger partial charge on any atom is 0.308 e. The normalized spacial score (nSPS) is 22.4. The number of ether oxygens (including phenoxy) is 1. The van der Waals surface area contributed by atoms with E-state index in [9.17, 15) is 4.79 Å². The number of halogens is 1. The summed E-state index contributed by atoms with van der Waals surface area (Å²) in [4.78, 5) is 11.8. The second kappa shape index (κ2) is 6.98. The molecule has 20 heavy (non-hydrogen) atoms. The molecule has 0 spiro atoms. The quantitative estimate of drug-likeness (QED) is 0.847. The number of carbonyl (C=O) groups is 1. The highest BCUT2D eigenvalue weighted by Gasteiger charge is 2.28. The monoisotopic (exact) mass is 295 g/mol. The van der Waals surface area contributed by atoms with Crippen molar-refractivity contribution in [2.24, 2.45) is 5.92 Å². The summed E-state index contributed by atoms with van der Waals surface area (Å²) < 4.78 is 5.13. The first-order chi connectivity index (χ1) is 9.60. The first kappa shape index (κ1) is 15.2. The fourth-order valence-corrected chi connectivity index (χ4v) is 2.94. The molecule has 1 aliphatic rings. The lowest BCUT2D eigenvalue weighted by atomic mass is 9.85. The minimum Gasteiger partial charge on any atom is -0.466 e. The van der Waals surface area contributed by atoms with Gasteiger partial charge in [-0.05, 0) is 50.8 Å². The maximum atomic E-state index is 11.8. The lowest BCUT2D eigenvalue weighted by Crippen LogP contribution is -2.32. The molecule has 0 bridgehead atoms. The SMILES string of the molecule is CCOC(=O)C1CCCC(Nc2cc(Cl)ccc2C)C1. The Morgan fingerprint density at radius 1 is 1.45 bits per heavy atom. The molecule has 1 saturated carbocycles. The van der Waals surface area contributed by atoms with Crippen molar-refractivity contribution in [3.63, 3.8) is 0 Å². The molecule has 1 aromatic carbocycles. The molecule has 1 aromatic rings. The highest BCUT2D eigenvalue weighted by Crippen LogP contribution is 2.29. The number of esters is 1. The molecule has 0 radical (unpaired) electrons. The highest BCUT2D eigenvalue weighted by atomic mass is 35.5. The molecule has 0 amide bonds. The van der Waals surface area contributed by atoms with E-state index in [0.717, 1.165) is 36.4 Å². The first-order valence-corrected chi connectivity index (χ1v) is 7.67. The molecule has 1 fully saturated rings. The third-order valence-corrected chi connectivity index (χ3v) is 4.09. The Morgan fingerprint density at radius 3 is 3.00 bits per heavy atom. The molecule has 4 heteroatoms. The Morgan fingerprint density at radius 2 is 2.25 bits per heavy atom. The average Bonchev–Trinajstić information content (AvgIpc) is 2.43. The minimum atomic E-state index is -0.0539. The molecular weight excluding hydrogens is 274 g/mol. The summed E-state index contributed by atoms with van der Waals surface area (Å²) in [5, 5.41) is 4.26. The predicted molar refractivity (Wildman–Crippen MR) is 82.2 cm³/mol. The summed E-state index contributed by atoms with van der Waals surface area (Å²) in [6, 6.07) is 6.17. The van der Waals surface area contributed by atoms with Gasteiger partial charge in [0.1, 0.15) is 0 Å². The molecule has 1 aliphatic carbocycles. The molecule has 110 valence electrons. The number of nitrogens with one attached hydrogen (secondary N) is 1. The van der Waals surface area contributed by atoms with Gasteiger partial charge in [0.2, 0.25) is 0 Å². The van der Waals surface area contributed by atoms with Crippen LogP contribution in [0.15, 0.2) is 18.2 Å². The van der Waals surface area contributed by atoms with Crippen molar-refractivity contribution in [2.75, 3.05) is 11.9 Å². The Bertz CT molecular complexity index is 476. The van der Waals surface area contributed by atoms with Crippen LogP contribution in [0.2, 0.25) is 5.02 Å². The Hall–Kier alpha value is -1.22. The molecule has 0 saturated heterocycles. The Labute approximate surface area is 125 Å². The molecule has 0 aromatic heterocycles. The van der Waals surface area contributed by atoms with E-state index in [1.165, 1.54) is 5.56 Å². The molecule has 1 N–H and O–H groups in total. The predicted octanol–water partition coefficient (Wildman–Crippen LogP) is 4.18. The van der Waals surface area contributed by atoms with Gasteiger partial charge in [-0.15, -0.1) is 0 Å². The number of anilines is 1. The van der Waals surface area contributed by atoms with Gasteiger partial charge in [-0.25, -0.2) is 0 Å². The minimum absolute atomic E-state index is 0.0284. The highest BCUT2D eigenvalue weighted by molar-refractivity contribution is 6.30. The zero-order valence-corrected chi connectivity index (χ0v) is 12.9. The first-order valence-electron chi connectivity index (χ1n) is 7.29. The van der Waals surface area contributed by atoms with Crippen molar-refractivity contribution < 1.29 is 9.53 Å². The number of rotatable bonds is 4. The second-order valence-corrected chi connectivity index (χ2v) is 5.85. The molecule has 0 heterocycles. The van der Waals surface area contributed by atoms with Crippen LogP contribution in [-0.2, 0) is 9.53 Å². The molecular formula is C16H22ClNO2. The number of hydrogen-bond acceptors (Lipinski definition) is 3. The van der Waals surface area contributed by atoms with E-state index in [1.54, 1.807) is 0 Å². The van der Waals surface area contributed by atoms with Crippen LogP contribution in [0.25, 0.3) is 0 Å². The Kier molecular flexibility index (Phi) is 5.30. The summed E-state index contributed by atoms with van der Waals surface area (Å²) in [5.74, 6) is -0.0255. The summed E-state index contributed by atoms with van der Waals surface area (Å²) in [7, 11) is 0. The van der Waals surface area contributed by atoms with Crippen molar-refractivity contribution in [2.45, 2.75) is 45.6 Å². The van der Waals surface area contributed by atoms with E-state index >= 15 is 0 Å². The van der Waals surface area contributed by atoms with Gasteiger partial charge in [0, 0.05) is 16.8 Å². The van der Waals surface area contributed by atoms with E-state index in [1.807, 2.05) is 25.1 Å². The summed E-state index contributed by atoms with van der Waals surface area (Å²) in [5.41, 5.74) is 2.24. The van der Waals surface area contributed by atoms with Crippen molar-refractivity contribution in [1.82, 2.24) is 0 Å². The fourth-order valence-electron chi connectivity index (χ4n) is 2.76. The van der Waals surface area contributed by atoms with Gasteiger partial charge in [0.25, 0.3) is 0 Å². The van der Waals surface area contributed by atoms with Gasteiger partial charge in [-0.2, -0.15) is 0 Å². The number of benzene rings is 1. The maximum absolute atomic E-state index is 11.8. The zero-order valence-electron chi connectivity index (χ0n) is 12.1. The number of hydrogen-bond donors (Lipinski definition) is 1. The fraction of sp³-hybridized carbons (Fsp3) is 0.562. The third-order valence-electron chi connectivity index (χ3n) is 3.85. The summed E-state index contributed by atoms with van der Waals surface area (Å²) in [6.07, 6.45) is 3.92. The van der Waals surface area contributed by atoms with Crippen LogP contribution >= 0.6 is 11.6 Å². The van der Waals surface area contributed by atoms with Crippen LogP contribution in [0.1, 0.15) is 38.2 Å². The zero-order chi connectivity index (χ0) is 14.5. The second-order valence-electron chi connectivity index (χ2n) is 5.42. The Balaban J connectivity index is 1.99. The van der Waals surface area contributed by atoms with Crippen LogP contribution in [-0.4, -0.2) is 18.6 Å². The van der Waals surface area contributed by atoms with Gasteiger partial charge in [-0.1, -0.05) is 24.1 Å². The van der Waals surface area contributed by atoms with Crippen molar-refractivity contribution in [1.29, 1.82) is 0 Å². The van der Waals surface area contributed by atoms with E-state index in [4.69, 9.17) is 16.3 Å². The molecule has 2 rings (SSSR count). The average molecular weight is 296 g/mol. The van der Waals surface area contributed by atoms with Gasteiger partial charge in [0.05, 0.1) is 12.5 Å². The number of carbonyl (C=O) groups excluding carboxylic acids is 1. The topological polar surface area (TPSA) is 38.3 Å². The molecule has 2 atom stereocenters. The van der Waals surface area contributed by atoms with E-state index < -0.39 is 0 Å². The van der Waals surface area contributed by atoms with Crippen LogP contribution < -0.4 is 5.32 Å². The summed E-state index contributed by atoms with van der Waals surface area (Å²) in [6.45, 7) is 4.37. The van der Waals surface area contributed by atoms with Gasteiger partial charge < -0.3 is 10.1 Å². The molecule has 2 unspecified atom stereocenters. The van der Waals surface area contributed by atoms with Crippen molar-refractivity contribution in [3.05, 3.63) is 28.8 Å². The van der Waals surface area contributed by atoms with Crippen LogP contribution in [0.5, 0.6) is 0 Å². The number of aryl methyl sites for hydroxylation is 1. The van der Waals surface area contributed by atoms with Gasteiger partial charge in [-0.3, -0.25) is 4.79 Å². The smallest absolute Gasteiger partial charge is 0.308 e. The van der Waals surface area contributed by atoms with Crippen LogP contribution in [0.4, 0.5) is 5.69 Å².